The molecule has 2 aromatic rings. The molecule has 0 spiro atoms. The number of pyridine rings is 1. The van der Waals surface area contributed by atoms with Gasteiger partial charge >= 0.3 is 0 Å². The predicted molar refractivity (Wildman–Crippen MR) is 66.0 cm³/mol. The molecule has 0 saturated carbocycles. The molecule has 4 nitrogen and oxygen atoms in total. The Balaban J connectivity index is 2.31. The van der Waals surface area contributed by atoms with Crippen LogP contribution in [0.25, 0.3) is 0 Å². The molecule has 16 heavy (non-hydrogen) atoms. The number of halogens is 2. The third kappa shape index (κ3) is 2.42. The Morgan fingerprint density at radius 2 is 2.12 bits per heavy atom. The van der Waals surface area contributed by atoms with Crippen molar-refractivity contribution >= 4 is 40.8 Å². The van der Waals surface area contributed by atoms with E-state index in [0.29, 0.717) is 15.1 Å². The molecule has 0 aliphatic heterocycles. The number of nitrogen functional groups attached to an aromatic ring is 1. The average molecular weight is 275 g/mol. The molecule has 0 radical (unpaired) electrons. The van der Waals surface area contributed by atoms with Gasteiger partial charge in [-0.1, -0.05) is 35.0 Å². The molecular formula is C9H8Cl2N4S. The SMILES string of the molecule is Cn1cc(Sc2nc(N)c(Cl)cc2Cl)cn1. The Bertz CT molecular complexity index is 526. The molecule has 2 N–H and O–H groups in total. The van der Waals surface area contributed by atoms with Crippen molar-refractivity contribution in [3.63, 3.8) is 0 Å². The van der Waals surface area contributed by atoms with Crippen LogP contribution in [0.4, 0.5) is 5.82 Å². The monoisotopic (exact) mass is 274 g/mol. The molecule has 0 unspecified atom stereocenters. The number of aromatic nitrogens is 3. The summed E-state index contributed by atoms with van der Waals surface area (Å²) in [5.41, 5.74) is 5.61. The number of anilines is 1. The van der Waals surface area contributed by atoms with Crippen molar-refractivity contribution in [2.45, 2.75) is 9.92 Å². The van der Waals surface area contributed by atoms with E-state index in [4.69, 9.17) is 28.9 Å². The minimum atomic E-state index is 0.275. The van der Waals surface area contributed by atoms with Gasteiger partial charge in [0.15, 0.2) is 0 Å². The summed E-state index contributed by atoms with van der Waals surface area (Å²) in [7, 11) is 1.84. The highest BCUT2D eigenvalue weighted by atomic mass is 35.5. The maximum Gasteiger partial charge on any atom is 0.143 e. The Hall–Kier alpha value is -0.910. The zero-order chi connectivity index (χ0) is 11.7. The van der Waals surface area contributed by atoms with E-state index in [2.05, 4.69) is 10.1 Å². The van der Waals surface area contributed by atoms with Gasteiger partial charge in [0.1, 0.15) is 10.8 Å². The molecule has 0 aliphatic carbocycles. The van der Waals surface area contributed by atoms with Crippen molar-refractivity contribution in [1.29, 1.82) is 0 Å². The number of hydrogen-bond acceptors (Lipinski definition) is 4. The highest BCUT2D eigenvalue weighted by Gasteiger charge is 2.09. The van der Waals surface area contributed by atoms with E-state index in [-0.39, 0.29) is 5.82 Å². The standard InChI is InChI=1S/C9H8Cl2N4S/c1-15-4-5(3-13-15)16-9-7(11)2-6(10)8(12)14-9/h2-4H,1H3,(H2,12,14). The first-order valence-electron chi connectivity index (χ1n) is 4.34. The second kappa shape index (κ2) is 4.53. The van der Waals surface area contributed by atoms with Gasteiger partial charge in [-0.05, 0) is 6.07 Å². The number of rotatable bonds is 2. The van der Waals surface area contributed by atoms with Crippen molar-refractivity contribution in [1.82, 2.24) is 14.8 Å². The quantitative estimate of drug-likeness (QED) is 0.915. The zero-order valence-electron chi connectivity index (χ0n) is 8.32. The molecule has 0 amide bonds. The van der Waals surface area contributed by atoms with Crippen molar-refractivity contribution in [3.05, 3.63) is 28.5 Å². The fraction of sp³-hybridized carbons (Fsp3) is 0.111. The van der Waals surface area contributed by atoms with Crippen LogP contribution in [0.3, 0.4) is 0 Å². The van der Waals surface area contributed by atoms with Gasteiger partial charge in [-0.15, -0.1) is 0 Å². The maximum absolute atomic E-state index is 6.01. The molecule has 84 valence electrons. The van der Waals surface area contributed by atoms with Gasteiger partial charge in [-0.2, -0.15) is 5.10 Å². The van der Waals surface area contributed by atoms with Crippen LogP contribution in [-0.2, 0) is 7.05 Å². The summed E-state index contributed by atoms with van der Waals surface area (Å²) in [4.78, 5) is 5.06. The Morgan fingerprint density at radius 3 is 2.75 bits per heavy atom. The normalized spacial score (nSPS) is 10.7. The van der Waals surface area contributed by atoms with Crippen LogP contribution in [0.2, 0.25) is 10.0 Å². The summed E-state index contributed by atoms with van der Waals surface area (Å²) in [5, 5.41) is 5.51. The molecule has 0 fully saturated rings. The van der Waals surface area contributed by atoms with Crippen LogP contribution >= 0.6 is 35.0 Å². The first kappa shape index (κ1) is 11.6. The van der Waals surface area contributed by atoms with Crippen LogP contribution in [0.15, 0.2) is 28.4 Å². The van der Waals surface area contributed by atoms with Gasteiger partial charge in [0.05, 0.1) is 21.1 Å². The van der Waals surface area contributed by atoms with Crippen LogP contribution in [-0.4, -0.2) is 14.8 Å². The van der Waals surface area contributed by atoms with E-state index in [1.54, 1.807) is 16.9 Å². The molecule has 0 saturated heterocycles. The maximum atomic E-state index is 6.01. The number of aryl methyl sites for hydroxylation is 1. The fourth-order valence-electron chi connectivity index (χ4n) is 1.10. The second-order valence-corrected chi connectivity index (χ2v) is 4.97. The van der Waals surface area contributed by atoms with Crippen molar-refractivity contribution < 1.29 is 0 Å². The molecule has 0 atom stereocenters. The minimum Gasteiger partial charge on any atom is -0.382 e. The molecule has 2 rings (SSSR count). The summed E-state index contributed by atoms with van der Waals surface area (Å²) in [6, 6.07) is 1.59. The predicted octanol–water partition coefficient (Wildman–Crippen LogP) is 2.86. The summed E-state index contributed by atoms with van der Waals surface area (Å²) in [5.74, 6) is 0.275. The molecule has 7 heteroatoms. The minimum absolute atomic E-state index is 0.275. The largest absolute Gasteiger partial charge is 0.382 e. The lowest BCUT2D eigenvalue weighted by atomic mass is 10.5. The van der Waals surface area contributed by atoms with Gasteiger partial charge in [0.25, 0.3) is 0 Å². The summed E-state index contributed by atoms with van der Waals surface area (Å²) in [6.07, 6.45) is 3.60. The highest BCUT2D eigenvalue weighted by Crippen LogP contribution is 2.34. The Morgan fingerprint density at radius 1 is 1.38 bits per heavy atom. The van der Waals surface area contributed by atoms with Crippen molar-refractivity contribution in [2.24, 2.45) is 7.05 Å². The first-order valence-corrected chi connectivity index (χ1v) is 5.91. The first-order chi connectivity index (χ1) is 7.56. The lowest BCUT2D eigenvalue weighted by Gasteiger charge is -2.03. The van der Waals surface area contributed by atoms with E-state index in [1.807, 2.05) is 13.2 Å². The van der Waals surface area contributed by atoms with Crippen LogP contribution in [0.5, 0.6) is 0 Å². The highest BCUT2D eigenvalue weighted by molar-refractivity contribution is 7.99. The summed E-state index contributed by atoms with van der Waals surface area (Å²) in [6.45, 7) is 0. The fourth-order valence-corrected chi connectivity index (χ4v) is 2.40. The molecule has 2 heterocycles. The lowest BCUT2D eigenvalue weighted by molar-refractivity contribution is 0.766. The Kier molecular flexibility index (Phi) is 3.28. The molecule has 0 aromatic carbocycles. The van der Waals surface area contributed by atoms with Crippen LogP contribution in [0, 0.1) is 0 Å². The number of nitrogens with two attached hydrogens (primary N) is 1. The van der Waals surface area contributed by atoms with Gasteiger partial charge in [0, 0.05) is 13.2 Å². The summed E-state index contributed by atoms with van der Waals surface area (Å²) >= 11 is 13.2. The van der Waals surface area contributed by atoms with Crippen molar-refractivity contribution in [3.8, 4) is 0 Å². The molecule has 2 aromatic heterocycles. The lowest BCUT2D eigenvalue weighted by Crippen LogP contribution is -1.93. The smallest absolute Gasteiger partial charge is 0.143 e. The number of hydrogen-bond donors (Lipinski definition) is 1. The second-order valence-electron chi connectivity index (χ2n) is 3.09. The van der Waals surface area contributed by atoms with E-state index < -0.39 is 0 Å². The average Bonchev–Trinajstić information content (AvgIpc) is 2.60. The van der Waals surface area contributed by atoms with E-state index >= 15 is 0 Å². The van der Waals surface area contributed by atoms with Crippen LogP contribution < -0.4 is 5.73 Å². The van der Waals surface area contributed by atoms with E-state index in [9.17, 15) is 0 Å². The van der Waals surface area contributed by atoms with E-state index in [1.165, 1.54) is 11.8 Å². The zero-order valence-corrected chi connectivity index (χ0v) is 10.6. The van der Waals surface area contributed by atoms with Crippen molar-refractivity contribution in [2.75, 3.05) is 5.73 Å². The third-order valence-electron chi connectivity index (χ3n) is 1.82. The third-order valence-corrected chi connectivity index (χ3v) is 3.47. The molecule has 0 bridgehead atoms. The van der Waals surface area contributed by atoms with E-state index in [0.717, 1.165) is 4.90 Å². The van der Waals surface area contributed by atoms with Gasteiger partial charge in [-0.3, -0.25) is 4.68 Å². The summed E-state index contributed by atoms with van der Waals surface area (Å²) < 4.78 is 1.70. The van der Waals surface area contributed by atoms with Gasteiger partial charge in [0.2, 0.25) is 0 Å². The molecular weight excluding hydrogens is 267 g/mol. The number of nitrogens with zero attached hydrogens (tertiary/aromatic N) is 3. The Labute approximate surface area is 107 Å². The van der Waals surface area contributed by atoms with Gasteiger partial charge in [-0.25, -0.2) is 4.98 Å². The van der Waals surface area contributed by atoms with Crippen LogP contribution in [0.1, 0.15) is 0 Å². The molecule has 0 aliphatic rings. The topological polar surface area (TPSA) is 56.7 Å². The van der Waals surface area contributed by atoms with Gasteiger partial charge < -0.3 is 5.73 Å².